The van der Waals surface area contributed by atoms with Crippen LogP contribution in [-0.4, -0.2) is 30.1 Å². The van der Waals surface area contributed by atoms with E-state index in [0.29, 0.717) is 0 Å². The third kappa shape index (κ3) is 2.00. The fraction of sp³-hybridized carbons (Fsp3) is 0.417. The molecule has 0 aliphatic carbocycles. The summed E-state index contributed by atoms with van der Waals surface area (Å²) in [4.78, 5) is 4.54. The average molecular weight is 250 g/mol. The summed E-state index contributed by atoms with van der Waals surface area (Å²) >= 11 is 1.92. The molecule has 1 fully saturated rings. The van der Waals surface area contributed by atoms with E-state index in [9.17, 15) is 0 Å². The second kappa shape index (κ2) is 4.58. The molecule has 1 aliphatic heterocycles. The molecule has 0 amide bonds. The molecule has 17 heavy (non-hydrogen) atoms. The number of fused-ring (bicyclic) bond motifs is 1. The van der Waals surface area contributed by atoms with Gasteiger partial charge < -0.3 is 14.5 Å². The fourth-order valence-corrected chi connectivity index (χ4v) is 2.90. The zero-order valence-electron chi connectivity index (χ0n) is 9.60. The first-order valence-corrected chi connectivity index (χ1v) is 6.78. The van der Waals surface area contributed by atoms with Crippen molar-refractivity contribution in [3.8, 4) is 5.75 Å². The van der Waals surface area contributed by atoms with E-state index in [0.717, 1.165) is 40.8 Å². The summed E-state index contributed by atoms with van der Waals surface area (Å²) in [5.74, 6) is 3.69. The number of para-hydroxylation sites is 1. The van der Waals surface area contributed by atoms with Gasteiger partial charge in [-0.1, -0.05) is 6.07 Å². The summed E-state index contributed by atoms with van der Waals surface area (Å²) in [6.45, 7) is 1.01. The normalized spacial score (nSPS) is 20.6. The van der Waals surface area contributed by atoms with Gasteiger partial charge in [-0.25, -0.2) is 4.98 Å². The maximum absolute atomic E-state index is 5.78. The summed E-state index contributed by atoms with van der Waals surface area (Å²) in [5.41, 5.74) is 1.60. The highest BCUT2D eigenvalue weighted by atomic mass is 32.2. The second-order valence-electron chi connectivity index (χ2n) is 3.94. The largest absolute Gasteiger partial charge is 0.494 e. The number of aromatic nitrogens is 1. The third-order valence-corrected chi connectivity index (χ3v) is 3.90. The van der Waals surface area contributed by atoms with Crippen LogP contribution in [0.1, 0.15) is 11.9 Å². The van der Waals surface area contributed by atoms with Gasteiger partial charge in [-0.05, 0) is 12.1 Å². The summed E-state index contributed by atoms with van der Waals surface area (Å²) in [6.07, 6.45) is 0. The lowest BCUT2D eigenvalue weighted by Crippen LogP contribution is -2.30. The minimum Gasteiger partial charge on any atom is -0.494 e. The van der Waals surface area contributed by atoms with Gasteiger partial charge in [-0.15, -0.1) is 0 Å². The number of hydrogen-bond acceptors (Lipinski definition) is 5. The van der Waals surface area contributed by atoms with Gasteiger partial charge in [-0.2, -0.15) is 11.8 Å². The summed E-state index contributed by atoms with van der Waals surface area (Å²) < 4.78 is 11.1. The molecule has 1 aliphatic rings. The topological polar surface area (TPSA) is 47.3 Å². The van der Waals surface area contributed by atoms with Crippen LogP contribution in [0.15, 0.2) is 22.6 Å². The smallest absolute Gasteiger partial charge is 0.213 e. The van der Waals surface area contributed by atoms with Crippen molar-refractivity contribution in [3.63, 3.8) is 0 Å². The number of methoxy groups -OCH3 is 1. The molecule has 2 heterocycles. The fourth-order valence-electron chi connectivity index (χ4n) is 1.98. The molecule has 0 bridgehead atoms. The first-order valence-electron chi connectivity index (χ1n) is 5.63. The van der Waals surface area contributed by atoms with Crippen LogP contribution in [0.5, 0.6) is 5.75 Å². The molecule has 0 radical (unpaired) electrons. The SMILES string of the molecule is COc1cccc2oc(C3CSCCN3)nc12. The maximum Gasteiger partial charge on any atom is 0.213 e. The van der Waals surface area contributed by atoms with Gasteiger partial charge in [0.15, 0.2) is 11.1 Å². The van der Waals surface area contributed by atoms with E-state index < -0.39 is 0 Å². The lowest BCUT2D eigenvalue weighted by atomic mass is 10.3. The van der Waals surface area contributed by atoms with E-state index in [-0.39, 0.29) is 6.04 Å². The van der Waals surface area contributed by atoms with Crippen LogP contribution < -0.4 is 10.1 Å². The highest BCUT2D eigenvalue weighted by Crippen LogP contribution is 2.29. The molecule has 2 aromatic rings. The van der Waals surface area contributed by atoms with Crippen molar-refractivity contribution in [2.45, 2.75) is 6.04 Å². The van der Waals surface area contributed by atoms with Crippen molar-refractivity contribution in [3.05, 3.63) is 24.1 Å². The van der Waals surface area contributed by atoms with Crippen molar-refractivity contribution in [2.24, 2.45) is 0 Å². The Kier molecular flexibility index (Phi) is 2.94. The van der Waals surface area contributed by atoms with E-state index >= 15 is 0 Å². The van der Waals surface area contributed by atoms with Crippen LogP contribution >= 0.6 is 11.8 Å². The summed E-state index contributed by atoms with van der Waals surface area (Å²) in [5, 5.41) is 3.42. The molecule has 0 saturated carbocycles. The van der Waals surface area contributed by atoms with E-state index in [1.165, 1.54) is 0 Å². The Bertz CT molecular complexity index is 520. The van der Waals surface area contributed by atoms with Crippen molar-refractivity contribution >= 4 is 22.9 Å². The maximum atomic E-state index is 5.78. The second-order valence-corrected chi connectivity index (χ2v) is 5.09. The number of oxazole rings is 1. The number of nitrogens with zero attached hydrogens (tertiary/aromatic N) is 1. The predicted octanol–water partition coefficient (Wildman–Crippen LogP) is 2.21. The first-order chi connectivity index (χ1) is 8.38. The third-order valence-electron chi connectivity index (χ3n) is 2.84. The summed E-state index contributed by atoms with van der Waals surface area (Å²) in [6, 6.07) is 5.95. The van der Waals surface area contributed by atoms with E-state index in [1.807, 2.05) is 30.0 Å². The van der Waals surface area contributed by atoms with Crippen LogP contribution in [0.2, 0.25) is 0 Å². The van der Waals surface area contributed by atoms with Gasteiger partial charge in [0, 0.05) is 18.1 Å². The molecule has 4 nitrogen and oxygen atoms in total. The minimum absolute atomic E-state index is 0.214. The molecular formula is C12H14N2O2S. The van der Waals surface area contributed by atoms with Crippen LogP contribution in [0.4, 0.5) is 0 Å². The van der Waals surface area contributed by atoms with Crippen molar-refractivity contribution in [1.29, 1.82) is 0 Å². The van der Waals surface area contributed by atoms with Gasteiger partial charge in [0.1, 0.15) is 5.75 Å². The van der Waals surface area contributed by atoms with Crippen LogP contribution in [0.25, 0.3) is 11.1 Å². The summed E-state index contributed by atoms with van der Waals surface area (Å²) in [7, 11) is 1.65. The Hall–Kier alpha value is -1.20. The molecule has 1 atom stereocenters. The Labute approximate surface area is 104 Å². The monoisotopic (exact) mass is 250 g/mol. The molecule has 90 valence electrons. The standard InChI is InChI=1S/C12H14N2O2S/c1-15-9-3-2-4-10-11(9)14-12(16-10)8-7-17-6-5-13-8/h2-4,8,13H,5-7H2,1H3. The zero-order chi connectivity index (χ0) is 11.7. The Morgan fingerprint density at radius 1 is 1.53 bits per heavy atom. The Balaban J connectivity index is 2.00. The molecule has 1 saturated heterocycles. The highest BCUT2D eigenvalue weighted by Gasteiger charge is 2.21. The van der Waals surface area contributed by atoms with E-state index in [4.69, 9.17) is 9.15 Å². The predicted molar refractivity (Wildman–Crippen MR) is 68.6 cm³/mol. The molecule has 1 aromatic carbocycles. The Morgan fingerprint density at radius 3 is 3.24 bits per heavy atom. The van der Waals surface area contributed by atoms with Gasteiger partial charge in [0.05, 0.1) is 13.2 Å². The lowest BCUT2D eigenvalue weighted by Gasteiger charge is -2.19. The molecule has 0 spiro atoms. The van der Waals surface area contributed by atoms with Gasteiger partial charge in [-0.3, -0.25) is 0 Å². The lowest BCUT2D eigenvalue weighted by molar-refractivity contribution is 0.419. The molecule has 3 rings (SSSR count). The number of hydrogen-bond donors (Lipinski definition) is 1. The number of thioether (sulfide) groups is 1. The van der Waals surface area contributed by atoms with Crippen LogP contribution in [-0.2, 0) is 0 Å². The van der Waals surface area contributed by atoms with Crippen LogP contribution in [0, 0.1) is 0 Å². The van der Waals surface area contributed by atoms with Crippen molar-refractivity contribution < 1.29 is 9.15 Å². The molecule has 1 aromatic heterocycles. The van der Waals surface area contributed by atoms with Crippen molar-refractivity contribution in [1.82, 2.24) is 10.3 Å². The Morgan fingerprint density at radius 2 is 2.47 bits per heavy atom. The number of nitrogens with one attached hydrogen (secondary N) is 1. The molecule has 1 unspecified atom stereocenters. The highest BCUT2D eigenvalue weighted by molar-refractivity contribution is 7.99. The minimum atomic E-state index is 0.214. The number of rotatable bonds is 2. The zero-order valence-corrected chi connectivity index (χ0v) is 10.4. The van der Waals surface area contributed by atoms with E-state index in [2.05, 4.69) is 10.3 Å². The van der Waals surface area contributed by atoms with Gasteiger partial charge >= 0.3 is 0 Å². The number of benzene rings is 1. The molecule has 1 N–H and O–H groups in total. The average Bonchev–Trinajstić information content (AvgIpc) is 2.83. The first kappa shape index (κ1) is 10.9. The van der Waals surface area contributed by atoms with E-state index in [1.54, 1.807) is 7.11 Å². The quantitative estimate of drug-likeness (QED) is 0.885. The van der Waals surface area contributed by atoms with Crippen molar-refractivity contribution in [2.75, 3.05) is 25.2 Å². The molecule has 5 heteroatoms. The van der Waals surface area contributed by atoms with Gasteiger partial charge in [0.2, 0.25) is 5.89 Å². The number of ether oxygens (including phenoxy) is 1. The molecular weight excluding hydrogens is 236 g/mol. The van der Waals surface area contributed by atoms with Crippen LogP contribution in [0.3, 0.4) is 0 Å². The van der Waals surface area contributed by atoms with Gasteiger partial charge in [0.25, 0.3) is 0 Å².